The zero-order chi connectivity index (χ0) is 18.4. The molecule has 26 heavy (non-hydrogen) atoms. The first kappa shape index (κ1) is 18.1. The predicted molar refractivity (Wildman–Crippen MR) is 100 cm³/mol. The second kappa shape index (κ2) is 8.62. The molecule has 0 fully saturated rings. The number of rotatable bonds is 8. The zero-order valence-electron chi connectivity index (χ0n) is 14.8. The lowest BCUT2D eigenvalue weighted by atomic mass is 10.0. The third-order valence-corrected chi connectivity index (χ3v) is 4.90. The molecular formula is C19H21N3O3S. The van der Waals surface area contributed by atoms with Gasteiger partial charge < -0.3 is 14.6 Å². The van der Waals surface area contributed by atoms with Gasteiger partial charge in [0.25, 0.3) is 0 Å². The smallest absolute Gasteiger partial charge is 0.227 e. The molecule has 2 aromatic heterocycles. The van der Waals surface area contributed by atoms with Gasteiger partial charge in [-0.05, 0) is 35.6 Å². The average molecular weight is 371 g/mol. The molecule has 136 valence electrons. The molecule has 2 heterocycles. The summed E-state index contributed by atoms with van der Waals surface area (Å²) in [5.74, 6) is 1.80. The summed E-state index contributed by atoms with van der Waals surface area (Å²) in [5.41, 5.74) is 1.06. The molecule has 0 saturated carbocycles. The minimum Gasteiger partial charge on any atom is -0.497 e. The van der Waals surface area contributed by atoms with E-state index in [1.807, 2.05) is 48.7 Å². The monoisotopic (exact) mass is 371 g/mol. The Labute approximate surface area is 156 Å². The Morgan fingerprint density at radius 3 is 2.77 bits per heavy atom. The molecule has 0 aliphatic heterocycles. The van der Waals surface area contributed by atoms with E-state index < -0.39 is 0 Å². The van der Waals surface area contributed by atoms with Crippen LogP contribution < -0.4 is 10.1 Å². The van der Waals surface area contributed by atoms with Gasteiger partial charge in [-0.3, -0.25) is 4.79 Å². The van der Waals surface area contributed by atoms with E-state index in [1.54, 1.807) is 18.4 Å². The highest BCUT2D eigenvalue weighted by Gasteiger charge is 2.15. The number of methoxy groups -OCH3 is 1. The van der Waals surface area contributed by atoms with Crippen molar-refractivity contribution in [1.29, 1.82) is 0 Å². The van der Waals surface area contributed by atoms with Crippen molar-refractivity contribution in [3.05, 3.63) is 53.2 Å². The fourth-order valence-electron chi connectivity index (χ4n) is 2.61. The van der Waals surface area contributed by atoms with E-state index in [0.717, 1.165) is 22.6 Å². The first-order valence-corrected chi connectivity index (χ1v) is 9.37. The number of nitrogens with one attached hydrogen (secondary N) is 1. The summed E-state index contributed by atoms with van der Waals surface area (Å²) < 4.78 is 10.4. The molecule has 1 aromatic carbocycles. The Kier molecular flexibility index (Phi) is 6.01. The number of benzene rings is 1. The minimum atomic E-state index is -0.0384. The molecule has 0 spiro atoms. The first-order valence-electron chi connectivity index (χ1n) is 8.49. The third-order valence-electron chi connectivity index (χ3n) is 4.04. The van der Waals surface area contributed by atoms with E-state index in [1.165, 1.54) is 0 Å². The summed E-state index contributed by atoms with van der Waals surface area (Å²) in [7, 11) is 1.63. The fourth-order valence-corrected chi connectivity index (χ4v) is 3.26. The molecule has 0 aliphatic carbocycles. The Bertz CT molecular complexity index is 828. The van der Waals surface area contributed by atoms with Crippen LogP contribution in [0.15, 0.2) is 46.3 Å². The van der Waals surface area contributed by atoms with Crippen molar-refractivity contribution in [2.24, 2.45) is 0 Å². The van der Waals surface area contributed by atoms with E-state index in [9.17, 15) is 4.79 Å². The Balaban J connectivity index is 1.54. The van der Waals surface area contributed by atoms with E-state index in [-0.39, 0.29) is 11.9 Å². The number of ether oxygens (including phenoxy) is 1. The van der Waals surface area contributed by atoms with E-state index in [4.69, 9.17) is 9.26 Å². The van der Waals surface area contributed by atoms with Crippen LogP contribution in [0.5, 0.6) is 5.75 Å². The number of hydrogen-bond acceptors (Lipinski definition) is 6. The van der Waals surface area contributed by atoms with Crippen molar-refractivity contribution in [2.75, 3.05) is 7.11 Å². The second-order valence-corrected chi connectivity index (χ2v) is 6.74. The molecule has 1 N–H and O–H groups in total. The lowest BCUT2D eigenvalue weighted by Gasteiger charge is -2.17. The molecule has 0 aliphatic rings. The number of nitrogens with zero attached hydrogens (tertiary/aromatic N) is 2. The third kappa shape index (κ3) is 4.49. The number of amides is 1. The highest BCUT2D eigenvalue weighted by Crippen LogP contribution is 2.22. The van der Waals surface area contributed by atoms with Crippen LogP contribution in [0.1, 0.15) is 37.3 Å². The van der Waals surface area contributed by atoms with Crippen molar-refractivity contribution in [3.63, 3.8) is 0 Å². The van der Waals surface area contributed by atoms with Crippen LogP contribution in [0.3, 0.4) is 0 Å². The Morgan fingerprint density at radius 2 is 2.12 bits per heavy atom. The molecule has 6 nitrogen and oxygen atoms in total. The van der Waals surface area contributed by atoms with E-state index >= 15 is 0 Å². The molecular weight excluding hydrogens is 350 g/mol. The summed E-state index contributed by atoms with van der Waals surface area (Å²) in [6, 6.07) is 11.6. The van der Waals surface area contributed by atoms with Gasteiger partial charge in [-0.25, -0.2) is 0 Å². The Hall–Kier alpha value is -2.67. The molecule has 0 bridgehead atoms. The van der Waals surface area contributed by atoms with Gasteiger partial charge in [0.1, 0.15) is 5.75 Å². The van der Waals surface area contributed by atoms with Crippen LogP contribution in [-0.2, 0) is 11.2 Å². The van der Waals surface area contributed by atoms with Gasteiger partial charge in [-0.1, -0.05) is 30.3 Å². The normalized spacial score (nSPS) is 11.9. The van der Waals surface area contributed by atoms with Gasteiger partial charge in [0, 0.05) is 12.8 Å². The number of carbonyl (C=O) groups is 1. The summed E-state index contributed by atoms with van der Waals surface area (Å²) in [5, 5.41) is 8.98. The van der Waals surface area contributed by atoms with Gasteiger partial charge in [0.2, 0.25) is 17.6 Å². The summed E-state index contributed by atoms with van der Waals surface area (Å²) in [4.78, 5) is 17.6. The molecule has 0 radical (unpaired) electrons. The quantitative estimate of drug-likeness (QED) is 0.647. The van der Waals surface area contributed by atoms with Crippen molar-refractivity contribution in [2.45, 2.75) is 32.2 Å². The van der Waals surface area contributed by atoms with Crippen molar-refractivity contribution < 1.29 is 14.1 Å². The maximum atomic E-state index is 12.3. The second-order valence-electron chi connectivity index (χ2n) is 5.79. The van der Waals surface area contributed by atoms with Crippen molar-refractivity contribution in [1.82, 2.24) is 15.5 Å². The van der Waals surface area contributed by atoms with Crippen LogP contribution in [-0.4, -0.2) is 23.2 Å². The van der Waals surface area contributed by atoms with Gasteiger partial charge in [0.15, 0.2) is 0 Å². The maximum Gasteiger partial charge on any atom is 0.227 e. The zero-order valence-corrected chi connectivity index (χ0v) is 15.6. The highest BCUT2D eigenvalue weighted by molar-refractivity contribution is 7.13. The standard InChI is InChI=1S/C19H21N3O3S/c1-3-15(13-6-8-14(24-2)9-7-13)20-17(23)10-11-18-21-19(22-25-18)16-5-4-12-26-16/h4-9,12,15H,3,10-11H2,1-2H3,(H,20,23)/t15-/m1/s1. The maximum absolute atomic E-state index is 12.3. The highest BCUT2D eigenvalue weighted by atomic mass is 32.1. The van der Waals surface area contributed by atoms with Crippen LogP contribution in [0.25, 0.3) is 10.7 Å². The molecule has 1 atom stereocenters. The number of aromatic nitrogens is 2. The first-order chi connectivity index (χ1) is 12.7. The number of thiophene rings is 1. The molecule has 0 saturated heterocycles. The average Bonchev–Trinajstić information content (AvgIpc) is 3.36. The molecule has 3 aromatic rings. The fraction of sp³-hybridized carbons (Fsp3) is 0.316. The van der Waals surface area contributed by atoms with Crippen molar-refractivity contribution in [3.8, 4) is 16.5 Å². The largest absolute Gasteiger partial charge is 0.497 e. The summed E-state index contributed by atoms with van der Waals surface area (Å²) in [6.45, 7) is 2.04. The van der Waals surface area contributed by atoms with Gasteiger partial charge in [-0.2, -0.15) is 4.98 Å². The van der Waals surface area contributed by atoms with Crippen molar-refractivity contribution >= 4 is 17.2 Å². The number of aryl methyl sites for hydroxylation is 1. The van der Waals surface area contributed by atoms with Crippen LogP contribution in [0.2, 0.25) is 0 Å². The number of hydrogen-bond donors (Lipinski definition) is 1. The van der Waals surface area contributed by atoms with E-state index in [2.05, 4.69) is 15.5 Å². The van der Waals surface area contributed by atoms with Crippen LogP contribution >= 0.6 is 11.3 Å². The van der Waals surface area contributed by atoms with Gasteiger partial charge >= 0.3 is 0 Å². The van der Waals surface area contributed by atoms with Gasteiger partial charge in [-0.15, -0.1) is 11.3 Å². The van der Waals surface area contributed by atoms with Crippen LogP contribution in [0, 0.1) is 0 Å². The summed E-state index contributed by atoms with van der Waals surface area (Å²) >= 11 is 1.55. The molecule has 7 heteroatoms. The lowest BCUT2D eigenvalue weighted by Crippen LogP contribution is -2.28. The number of carbonyl (C=O) groups excluding carboxylic acids is 1. The lowest BCUT2D eigenvalue weighted by molar-refractivity contribution is -0.121. The minimum absolute atomic E-state index is 0.0298. The van der Waals surface area contributed by atoms with Crippen LogP contribution in [0.4, 0.5) is 0 Å². The predicted octanol–water partition coefficient (Wildman–Crippen LogP) is 4.01. The Morgan fingerprint density at radius 1 is 1.31 bits per heavy atom. The summed E-state index contributed by atoms with van der Waals surface area (Å²) in [6.07, 6.45) is 1.53. The SMILES string of the molecule is CC[C@@H](NC(=O)CCc1nc(-c2cccs2)no1)c1ccc(OC)cc1. The van der Waals surface area contributed by atoms with Gasteiger partial charge in [0.05, 0.1) is 18.0 Å². The topological polar surface area (TPSA) is 77.3 Å². The van der Waals surface area contributed by atoms with E-state index in [0.29, 0.717) is 24.6 Å². The molecule has 0 unspecified atom stereocenters. The molecule has 3 rings (SSSR count). The molecule has 1 amide bonds.